The summed E-state index contributed by atoms with van der Waals surface area (Å²) in [7, 11) is -2.22. The van der Waals surface area contributed by atoms with Crippen molar-refractivity contribution in [3.8, 4) is 5.75 Å². The van der Waals surface area contributed by atoms with Crippen molar-refractivity contribution in [2.24, 2.45) is 0 Å². The predicted octanol–water partition coefficient (Wildman–Crippen LogP) is 4.69. The van der Waals surface area contributed by atoms with E-state index in [1.54, 1.807) is 36.4 Å². The number of hydrogen-bond donors (Lipinski definition) is 2. The van der Waals surface area contributed by atoms with Gasteiger partial charge in [-0.2, -0.15) is 0 Å². The quantitative estimate of drug-likeness (QED) is 0.535. The van der Waals surface area contributed by atoms with Gasteiger partial charge >= 0.3 is 0 Å². The number of amides is 1. The summed E-state index contributed by atoms with van der Waals surface area (Å²) < 4.78 is 32.7. The van der Waals surface area contributed by atoms with Gasteiger partial charge in [0, 0.05) is 11.3 Å². The van der Waals surface area contributed by atoms with Gasteiger partial charge in [-0.15, -0.1) is 0 Å². The lowest BCUT2D eigenvalue weighted by Gasteiger charge is -2.18. The predicted molar refractivity (Wildman–Crippen MR) is 122 cm³/mol. The molecule has 1 atom stereocenters. The molecule has 0 aliphatic carbocycles. The molecule has 7 heteroatoms. The van der Waals surface area contributed by atoms with Crippen LogP contribution >= 0.6 is 0 Å². The Morgan fingerprint density at radius 1 is 0.935 bits per heavy atom. The fourth-order valence-corrected chi connectivity index (χ4v) is 4.18. The molecule has 1 unspecified atom stereocenters. The fourth-order valence-electron chi connectivity index (χ4n) is 3.12. The summed E-state index contributed by atoms with van der Waals surface area (Å²) in [4.78, 5) is 12.8. The number of hydrogen-bond acceptors (Lipinski definition) is 4. The van der Waals surface area contributed by atoms with Crippen LogP contribution in [0.25, 0.3) is 0 Å². The molecule has 0 saturated carbocycles. The van der Waals surface area contributed by atoms with Crippen LogP contribution in [0.3, 0.4) is 0 Å². The highest BCUT2D eigenvalue weighted by atomic mass is 32.2. The number of rotatable bonds is 8. The lowest BCUT2D eigenvalue weighted by Crippen LogP contribution is -2.28. The van der Waals surface area contributed by atoms with Crippen LogP contribution in [0, 0.1) is 6.92 Å². The van der Waals surface area contributed by atoms with Crippen molar-refractivity contribution >= 4 is 21.6 Å². The van der Waals surface area contributed by atoms with Gasteiger partial charge in [-0.05, 0) is 67.4 Å². The minimum absolute atomic E-state index is 0.0960. The maximum atomic E-state index is 12.7. The summed E-state index contributed by atoms with van der Waals surface area (Å²) in [6.45, 7) is 4.04. The molecule has 0 aliphatic rings. The Labute approximate surface area is 183 Å². The molecule has 0 aliphatic heterocycles. The standard InChI is InChI=1S/C24H26N2O4S/c1-4-23(18-7-5-17(2)6-8-18)25-24(27)19-9-11-20(12-10-19)26-31(28,29)22-15-13-21(30-3)14-16-22/h5-16,23,26H,4H2,1-3H3,(H,25,27). The van der Waals surface area contributed by atoms with Gasteiger partial charge < -0.3 is 10.1 Å². The zero-order chi connectivity index (χ0) is 22.4. The van der Waals surface area contributed by atoms with E-state index in [0.717, 1.165) is 17.5 Å². The van der Waals surface area contributed by atoms with Gasteiger partial charge in [0.25, 0.3) is 15.9 Å². The SMILES string of the molecule is CCC(NC(=O)c1ccc(NS(=O)(=O)c2ccc(OC)cc2)cc1)c1ccc(C)cc1. The van der Waals surface area contributed by atoms with Crippen molar-refractivity contribution in [2.45, 2.75) is 31.2 Å². The number of nitrogens with one attached hydrogen (secondary N) is 2. The van der Waals surface area contributed by atoms with Crippen LogP contribution in [0.4, 0.5) is 5.69 Å². The highest BCUT2D eigenvalue weighted by Crippen LogP contribution is 2.21. The van der Waals surface area contributed by atoms with Crippen LogP contribution in [0.1, 0.15) is 40.9 Å². The first-order chi connectivity index (χ1) is 14.8. The van der Waals surface area contributed by atoms with E-state index in [0.29, 0.717) is 17.0 Å². The lowest BCUT2D eigenvalue weighted by molar-refractivity contribution is 0.0935. The molecule has 31 heavy (non-hydrogen) atoms. The van der Waals surface area contributed by atoms with Crippen LogP contribution in [0.2, 0.25) is 0 Å². The maximum absolute atomic E-state index is 12.7. The van der Waals surface area contributed by atoms with E-state index in [4.69, 9.17) is 4.74 Å². The van der Waals surface area contributed by atoms with Gasteiger partial charge in [0.2, 0.25) is 0 Å². The molecule has 1 amide bonds. The average molecular weight is 439 g/mol. The van der Waals surface area contributed by atoms with Gasteiger partial charge in [0.05, 0.1) is 18.0 Å². The van der Waals surface area contributed by atoms with Crippen LogP contribution in [0.15, 0.2) is 77.7 Å². The molecule has 3 rings (SSSR count). The van der Waals surface area contributed by atoms with Crippen molar-refractivity contribution in [3.63, 3.8) is 0 Å². The highest BCUT2D eigenvalue weighted by Gasteiger charge is 2.16. The Hall–Kier alpha value is -3.32. The Morgan fingerprint density at radius 2 is 1.55 bits per heavy atom. The molecular weight excluding hydrogens is 412 g/mol. The second-order valence-electron chi connectivity index (χ2n) is 7.20. The third-order valence-corrected chi connectivity index (χ3v) is 6.36. The Morgan fingerprint density at radius 3 is 2.10 bits per heavy atom. The van der Waals surface area contributed by atoms with E-state index in [9.17, 15) is 13.2 Å². The minimum Gasteiger partial charge on any atom is -0.497 e. The molecule has 3 aromatic rings. The number of carbonyl (C=O) groups is 1. The molecule has 0 aromatic heterocycles. The van der Waals surface area contributed by atoms with Gasteiger partial charge in [-0.25, -0.2) is 8.42 Å². The molecule has 0 radical (unpaired) electrons. The summed E-state index contributed by atoms with van der Waals surface area (Å²) in [6, 6.07) is 20.4. The first kappa shape index (κ1) is 22.4. The summed E-state index contributed by atoms with van der Waals surface area (Å²) in [6.07, 6.45) is 0.758. The smallest absolute Gasteiger partial charge is 0.261 e. The van der Waals surface area contributed by atoms with E-state index < -0.39 is 10.0 Å². The zero-order valence-electron chi connectivity index (χ0n) is 17.8. The largest absolute Gasteiger partial charge is 0.497 e. The van der Waals surface area contributed by atoms with Crippen molar-refractivity contribution in [1.82, 2.24) is 5.32 Å². The monoisotopic (exact) mass is 438 g/mol. The third kappa shape index (κ3) is 5.64. The molecule has 0 heterocycles. The van der Waals surface area contributed by atoms with Crippen LogP contribution in [-0.2, 0) is 10.0 Å². The first-order valence-corrected chi connectivity index (χ1v) is 11.4. The molecule has 2 N–H and O–H groups in total. The number of aryl methyl sites for hydroxylation is 1. The molecule has 0 fully saturated rings. The molecule has 0 bridgehead atoms. The molecule has 6 nitrogen and oxygen atoms in total. The summed E-state index contributed by atoms with van der Waals surface area (Å²) in [5.74, 6) is 0.363. The summed E-state index contributed by atoms with van der Waals surface area (Å²) in [5, 5.41) is 3.03. The number of ether oxygens (including phenoxy) is 1. The number of methoxy groups -OCH3 is 1. The second-order valence-corrected chi connectivity index (χ2v) is 8.89. The van der Waals surface area contributed by atoms with Crippen molar-refractivity contribution in [2.75, 3.05) is 11.8 Å². The Bertz CT molecular complexity index is 1120. The maximum Gasteiger partial charge on any atom is 0.261 e. The normalized spacial score (nSPS) is 12.1. The van der Waals surface area contributed by atoms with E-state index >= 15 is 0 Å². The zero-order valence-corrected chi connectivity index (χ0v) is 18.6. The second kappa shape index (κ2) is 9.66. The number of sulfonamides is 1. The Balaban J connectivity index is 1.68. The summed E-state index contributed by atoms with van der Waals surface area (Å²) >= 11 is 0. The number of benzene rings is 3. The summed E-state index contributed by atoms with van der Waals surface area (Å²) in [5.41, 5.74) is 3.04. The minimum atomic E-state index is -3.74. The molecule has 0 saturated heterocycles. The topological polar surface area (TPSA) is 84.5 Å². The van der Waals surface area contributed by atoms with E-state index in [2.05, 4.69) is 10.0 Å². The van der Waals surface area contributed by atoms with Gasteiger partial charge in [-0.3, -0.25) is 9.52 Å². The molecule has 162 valence electrons. The van der Waals surface area contributed by atoms with Crippen molar-refractivity contribution < 1.29 is 17.9 Å². The van der Waals surface area contributed by atoms with Crippen molar-refractivity contribution in [1.29, 1.82) is 0 Å². The van der Waals surface area contributed by atoms with Gasteiger partial charge in [-0.1, -0.05) is 36.8 Å². The average Bonchev–Trinajstić information content (AvgIpc) is 2.78. The highest BCUT2D eigenvalue weighted by molar-refractivity contribution is 7.92. The third-order valence-electron chi connectivity index (χ3n) is 4.96. The number of carbonyl (C=O) groups excluding carboxylic acids is 1. The molecule has 3 aromatic carbocycles. The fraction of sp³-hybridized carbons (Fsp3) is 0.208. The van der Waals surface area contributed by atoms with Crippen LogP contribution in [-0.4, -0.2) is 21.4 Å². The molecular formula is C24H26N2O4S. The van der Waals surface area contributed by atoms with Gasteiger partial charge in [0.15, 0.2) is 0 Å². The van der Waals surface area contributed by atoms with Crippen LogP contribution < -0.4 is 14.8 Å². The first-order valence-electron chi connectivity index (χ1n) is 9.96. The van der Waals surface area contributed by atoms with Gasteiger partial charge in [0.1, 0.15) is 5.75 Å². The Kier molecular flexibility index (Phi) is 6.97. The molecule has 0 spiro atoms. The van der Waals surface area contributed by atoms with E-state index in [1.165, 1.54) is 19.2 Å². The lowest BCUT2D eigenvalue weighted by atomic mass is 10.0. The van der Waals surface area contributed by atoms with Crippen molar-refractivity contribution in [3.05, 3.63) is 89.5 Å². The van der Waals surface area contributed by atoms with E-state index in [1.807, 2.05) is 38.1 Å². The van der Waals surface area contributed by atoms with Crippen LogP contribution in [0.5, 0.6) is 5.75 Å². The number of anilines is 1. The van der Waals surface area contributed by atoms with E-state index in [-0.39, 0.29) is 16.8 Å².